The van der Waals surface area contributed by atoms with Crippen LogP contribution in [-0.2, 0) is 0 Å². The maximum absolute atomic E-state index is 5.65. The second kappa shape index (κ2) is 4.97. The lowest BCUT2D eigenvalue weighted by Gasteiger charge is -2.23. The summed E-state index contributed by atoms with van der Waals surface area (Å²) in [5.74, 6) is 0.939. The van der Waals surface area contributed by atoms with E-state index in [2.05, 4.69) is 44.7 Å². The molecule has 0 aliphatic carbocycles. The summed E-state index contributed by atoms with van der Waals surface area (Å²) in [5.41, 5.74) is 8.08. The van der Waals surface area contributed by atoms with Gasteiger partial charge in [-0.3, -0.25) is 0 Å². The lowest BCUT2D eigenvalue weighted by molar-refractivity contribution is 0.550. The molecule has 0 radical (unpaired) electrons. The summed E-state index contributed by atoms with van der Waals surface area (Å²) in [4.78, 5) is 0. The second-order valence-corrected chi connectivity index (χ2v) is 3.99. The van der Waals surface area contributed by atoms with E-state index >= 15 is 0 Å². The summed E-state index contributed by atoms with van der Waals surface area (Å²) in [6.07, 6.45) is 0. The van der Waals surface area contributed by atoms with Crippen LogP contribution in [0.15, 0.2) is 42.5 Å². The minimum absolute atomic E-state index is 0.390. The minimum Gasteiger partial charge on any atom is -0.327 e. The smallest absolute Gasteiger partial charge is 0.0140 e. The molecule has 14 heavy (non-hydrogen) atoms. The van der Waals surface area contributed by atoms with Gasteiger partial charge >= 0.3 is 0 Å². The number of hydrogen-bond donors (Lipinski definition) is 1. The Balaban J connectivity index is 2.95. The van der Waals surface area contributed by atoms with Crippen LogP contribution in [0.25, 0.3) is 0 Å². The Morgan fingerprint density at radius 2 is 1.86 bits per heavy atom. The second-order valence-electron chi connectivity index (χ2n) is 3.99. The Kier molecular flexibility index (Phi) is 3.90. The van der Waals surface area contributed by atoms with Crippen molar-refractivity contribution in [3.63, 3.8) is 0 Å². The summed E-state index contributed by atoms with van der Waals surface area (Å²) in [7, 11) is 0. The van der Waals surface area contributed by atoms with E-state index in [1.165, 1.54) is 5.56 Å². The van der Waals surface area contributed by atoms with E-state index in [0.29, 0.717) is 18.4 Å². The van der Waals surface area contributed by atoms with Crippen LogP contribution >= 0.6 is 0 Å². The molecular formula is C13H19N. The summed E-state index contributed by atoms with van der Waals surface area (Å²) >= 11 is 0. The first-order chi connectivity index (χ1) is 6.66. The molecule has 1 aromatic rings. The van der Waals surface area contributed by atoms with Crippen LogP contribution in [-0.4, -0.2) is 6.54 Å². The van der Waals surface area contributed by atoms with E-state index < -0.39 is 0 Å². The normalized spacial score (nSPS) is 12.9. The van der Waals surface area contributed by atoms with Crippen molar-refractivity contribution in [1.29, 1.82) is 0 Å². The molecule has 1 aromatic carbocycles. The first-order valence-corrected chi connectivity index (χ1v) is 5.09. The molecule has 0 aliphatic rings. The number of nitrogens with two attached hydrogens (primary N) is 1. The predicted molar refractivity (Wildman–Crippen MR) is 62.2 cm³/mol. The van der Waals surface area contributed by atoms with Crippen molar-refractivity contribution in [1.82, 2.24) is 0 Å². The molecule has 0 amide bonds. The molecule has 1 atom stereocenters. The van der Waals surface area contributed by atoms with Gasteiger partial charge in [-0.1, -0.05) is 56.3 Å². The van der Waals surface area contributed by atoms with Gasteiger partial charge in [0.15, 0.2) is 0 Å². The fourth-order valence-corrected chi connectivity index (χ4v) is 1.88. The lowest BCUT2D eigenvalue weighted by atomic mass is 9.83. The topological polar surface area (TPSA) is 26.0 Å². The van der Waals surface area contributed by atoms with E-state index in [-0.39, 0.29) is 0 Å². The van der Waals surface area contributed by atoms with Gasteiger partial charge in [-0.25, -0.2) is 0 Å². The Morgan fingerprint density at radius 3 is 2.29 bits per heavy atom. The Hall–Kier alpha value is -1.08. The molecule has 1 rings (SSSR count). The quantitative estimate of drug-likeness (QED) is 0.724. The van der Waals surface area contributed by atoms with Gasteiger partial charge in [0.2, 0.25) is 0 Å². The largest absolute Gasteiger partial charge is 0.327 e. The summed E-state index contributed by atoms with van der Waals surface area (Å²) < 4.78 is 0. The first kappa shape index (κ1) is 11.0. The highest BCUT2D eigenvalue weighted by Gasteiger charge is 2.17. The first-order valence-electron chi connectivity index (χ1n) is 5.09. The van der Waals surface area contributed by atoms with Crippen molar-refractivity contribution < 1.29 is 0 Å². The molecule has 2 N–H and O–H groups in total. The highest BCUT2D eigenvalue weighted by Crippen LogP contribution is 2.29. The zero-order valence-corrected chi connectivity index (χ0v) is 9.03. The maximum atomic E-state index is 5.65. The molecule has 76 valence electrons. The highest BCUT2D eigenvalue weighted by atomic mass is 14.5. The van der Waals surface area contributed by atoms with E-state index in [1.54, 1.807) is 0 Å². The third kappa shape index (κ3) is 2.46. The van der Waals surface area contributed by atoms with Gasteiger partial charge in [0.05, 0.1) is 0 Å². The van der Waals surface area contributed by atoms with Crippen LogP contribution in [0.5, 0.6) is 0 Å². The molecular weight excluding hydrogens is 170 g/mol. The average molecular weight is 189 g/mol. The van der Waals surface area contributed by atoms with E-state index in [9.17, 15) is 0 Å². The lowest BCUT2D eigenvalue weighted by Crippen LogP contribution is -2.15. The minimum atomic E-state index is 0.390. The van der Waals surface area contributed by atoms with Crippen molar-refractivity contribution >= 4 is 0 Å². The molecule has 0 bridgehead atoms. The van der Waals surface area contributed by atoms with Crippen molar-refractivity contribution in [3.8, 4) is 0 Å². The Labute approximate surface area is 86.6 Å². The molecule has 0 saturated heterocycles. The van der Waals surface area contributed by atoms with Gasteiger partial charge in [-0.2, -0.15) is 0 Å². The molecule has 1 heteroatoms. The van der Waals surface area contributed by atoms with Crippen molar-refractivity contribution in [2.45, 2.75) is 19.8 Å². The average Bonchev–Trinajstić information content (AvgIpc) is 2.19. The molecule has 1 nitrogen and oxygen atoms in total. The van der Waals surface area contributed by atoms with Crippen LogP contribution in [0.4, 0.5) is 0 Å². The van der Waals surface area contributed by atoms with E-state index in [1.807, 2.05) is 6.07 Å². The molecule has 0 saturated carbocycles. The number of hydrogen-bond acceptors (Lipinski definition) is 1. The third-order valence-corrected chi connectivity index (χ3v) is 2.53. The van der Waals surface area contributed by atoms with Crippen molar-refractivity contribution in [2.24, 2.45) is 11.7 Å². The van der Waals surface area contributed by atoms with Gasteiger partial charge in [0.25, 0.3) is 0 Å². The van der Waals surface area contributed by atoms with Gasteiger partial charge in [0.1, 0.15) is 0 Å². The van der Waals surface area contributed by atoms with Crippen LogP contribution in [0.2, 0.25) is 0 Å². The molecule has 0 aromatic heterocycles. The van der Waals surface area contributed by atoms with Gasteiger partial charge in [-0.15, -0.1) is 0 Å². The highest BCUT2D eigenvalue weighted by molar-refractivity contribution is 5.28. The molecule has 0 fully saturated rings. The van der Waals surface area contributed by atoms with Crippen LogP contribution in [0.3, 0.4) is 0 Å². The molecule has 1 unspecified atom stereocenters. The summed E-state index contributed by atoms with van der Waals surface area (Å²) in [5, 5.41) is 0. The summed E-state index contributed by atoms with van der Waals surface area (Å²) in [6.45, 7) is 9.03. The van der Waals surface area contributed by atoms with Gasteiger partial charge in [0, 0.05) is 12.5 Å². The standard InChI is InChI=1S/C13H19N/c1-10(2)13(11(3)9-14)12-7-5-4-6-8-12/h4-8,10,13H,3,9,14H2,1-2H3. The fourth-order valence-electron chi connectivity index (χ4n) is 1.88. The van der Waals surface area contributed by atoms with E-state index in [0.717, 1.165) is 5.57 Å². The molecule has 0 heterocycles. The predicted octanol–water partition coefficient (Wildman–Crippen LogP) is 2.94. The molecule has 0 aliphatic heterocycles. The number of rotatable bonds is 4. The zero-order valence-electron chi connectivity index (χ0n) is 9.03. The fraction of sp³-hybridized carbons (Fsp3) is 0.385. The van der Waals surface area contributed by atoms with Crippen LogP contribution < -0.4 is 5.73 Å². The Bertz CT molecular complexity index is 287. The Morgan fingerprint density at radius 1 is 1.29 bits per heavy atom. The number of benzene rings is 1. The SMILES string of the molecule is C=C(CN)C(c1ccccc1)C(C)C. The summed E-state index contributed by atoms with van der Waals surface area (Å²) in [6, 6.07) is 10.5. The van der Waals surface area contributed by atoms with Crippen molar-refractivity contribution in [3.05, 3.63) is 48.0 Å². The monoisotopic (exact) mass is 189 g/mol. The van der Waals surface area contributed by atoms with Gasteiger partial charge in [-0.05, 0) is 11.5 Å². The van der Waals surface area contributed by atoms with E-state index in [4.69, 9.17) is 5.73 Å². The maximum Gasteiger partial charge on any atom is 0.0140 e. The molecule has 0 spiro atoms. The van der Waals surface area contributed by atoms with Crippen molar-refractivity contribution in [2.75, 3.05) is 6.54 Å². The van der Waals surface area contributed by atoms with Crippen LogP contribution in [0, 0.1) is 5.92 Å². The van der Waals surface area contributed by atoms with Crippen LogP contribution in [0.1, 0.15) is 25.3 Å². The van der Waals surface area contributed by atoms with Gasteiger partial charge < -0.3 is 5.73 Å². The third-order valence-electron chi connectivity index (χ3n) is 2.53. The zero-order chi connectivity index (χ0) is 10.6.